The van der Waals surface area contributed by atoms with Gasteiger partial charge in [-0.3, -0.25) is 4.79 Å². The number of nitrogens with one attached hydrogen (secondary N) is 2. The molecule has 1 amide bonds. The van der Waals surface area contributed by atoms with Gasteiger partial charge in [0.25, 0.3) is 5.91 Å². The standard InChI is InChI=1S/C13H16Cl2N2O2.ClH/c14-10-4-1-5-11(15)13(10)19-8-12(18)17-9-3-2-6-16-7-9;/h1,4-5,9,16H,2-3,6-8H2,(H,17,18);1H/t9-;/m0./s1. The number of rotatable bonds is 4. The summed E-state index contributed by atoms with van der Waals surface area (Å²) in [7, 11) is 0. The Hall–Kier alpha value is -0.680. The Morgan fingerprint density at radius 1 is 1.40 bits per heavy atom. The molecule has 0 saturated carbocycles. The molecule has 4 nitrogen and oxygen atoms in total. The second-order valence-corrected chi connectivity index (χ2v) is 5.26. The van der Waals surface area contributed by atoms with Crippen LogP contribution in [0.1, 0.15) is 12.8 Å². The lowest BCUT2D eigenvalue weighted by molar-refractivity contribution is -0.123. The number of carbonyl (C=O) groups excluding carboxylic acids is 1. The van der Waals surface area contributed by atoms with Crippen LogP contribution in [0.3, 0.4) is 0 Å². The van der Waals surface area contributed by atoms with Crippen LogP contribution in [0.5, 0.6) is 5.75 Å². The van der Waals surface area contributed by atoms with Crippen molar-refractivity contribution in [3.8, 4) is 5.75 Å². The Kier molecular flexibility index (Phi) is 7.45. The van der Waals surface area contributed by atoms with E-state index in [1.165, 1.54) is 0 Å². The summed E-state index contributed by atoms with van der Waals surface area (Å²) < 4.78 is 5.37. The van der Waals surface area contributed by atoms with Gasteiger partial charge in [-0.15, -0.1) is 12.4 Å². The third-order valence-corrected chi connectivity index (χ3v) is 3.52. The predicted octanol–water partition coefficient (Wildman–Crippen LogP) is 2.66. The zero-order valence-corrected chi connectivity index (χ0v) is 13.2. The molecule has 1 atom stereocenters. The van der Waals surface area contributed by atoms with Crippen LogP contribution in [-0.4, -0.2) is 31.6 Å². The van der Waals surface area contributed by atoms with Gasteiger partial charge in [-0.05, 0) is 31.5 Å². The first kappa shape index (κ1) is 17.4. The number of halogens is 3. The number of hydrogen-bond acceptors (Lipinski definition) is 3. The second kappa shape index (κ2) is 8.57. The molecule has 0 aliphatic carbocycles. The molecule has 1 aliphatic heterocycles. The van der Waals surface area contributed by atoms with E-state index in [4.69, 9.17) is 27.9 Å². The minimum absolute atomic E-state index is 0. The van der Waals surface area contributed by atoms with Gasteiger partial charge in [-0.25, -0.2) is 0 Å². The van der Waals surface area contributed by atoms with E-state index >= 15 is 0 Å². The van der Waals surface area contributed by atoms with Crippen molar-refractivity contribution in [3.05, 3.63) is 28.2 Å². The van der Waals surface area contributed by atoms with E-state index in [0.29, 0.717) is 15.8 Å². The summed E-state index contributed by atoms with van der Waals surface area (Å²) in [6, 6.07) is 5.24. The fourth-order valence-electron chi connectivity index (χ4n) is 2.00. The molecular weight excluding hydrogens is 323 g/mol. The van der Waals surface area contributed by atoms with Gasteiger partial charge in [0.15, 0.2) is 12.4 Å². The average Bonchev–Trinajstić information content (AvgIpc) is 2.39. The maximum absolute atomic E-state index is 11.8. The highest BCUT2D eigenvalue weighted by Gasteiger charge is 2.16. The molecule has 2 rings (SSSR count). The quantitative estimate of drug-likeness (QED) is 0.887. The van der Waals surface area contributed by atoms with E-state index in [1.54, 1.807) is 18.2 Å². The van der Waals surface area contributed by atoms with Crippen molar-refractivity contribution in [3.63, 3.8) is 0 Å². The maximum Gasteiger partial charge on any atom is 0.258 e. The van der Waals surface area contributed by atoms with Gasteiger partial charge < -0.3 is 15.4 Å². The molecule has 0 spiro atoms. The van der Waals surface area contributed by atoms with Crippen LogP contribution in [0.15, 0.2) is 18.2 Å². The van der Waals surface area contributed by atoms with Crippen LogP contribution in [0.4, 0.5) is 0 Å². The first-order valence-electron chi connectivity index (χ1n) is 6.23. The summed E-state index contributed by atoms with van der Waals surface area (Å²) in [4.78, 5) is 11.8. The summed E-state index contributed by atoms with van der Waals surface area (Å²) in [5.41, 5.74) is 0. The summed E-state index contributed by atoms with van der Waals surface area (Å²) in [5.74, 6) is 0.187. The molecule has 1 heterocycles. The van der Waals surface area contributed by atoms with Crippen LogP contribution in [0.2, 0.25) is 10.0 Å². The van der Waals surface area contributed by atoms with Gasteiger partial charge in [0.1, 0.15) is 0 Å². The molecule has 1 aliphatic rings. The summed E-state index contributed by atoms with van der Waals surface area (Å²) in [6.45, 7) is 1.73. The summed E-state index contributed by atoms with van der Waals surface area (Å²) in [6.07, 6.45) is 2.06. The molecule has 2 N–H and O–H groups in total. The number of ether oxygens (including phenoxy) is 1. The van der Waals surface area contributed by atoms with Crippen LogP contribution in [-0.2, 0) is 4.79 Å². The fraction of sp³-hybridized carbons (Fsp3) is 0.462. The summed E-state index contributed by atoms with van der Waals surface area (Å²) >= 11 is 11.9. The van der Waals surface area contributed by atoms with Crippen molar-refractivity contribution < 1.29 is 9.53 Å². The van der Waals surface area contributed by atoms with E-state index in [0.717, 1.165) is 25.9 Å². The summed E-state index contributed by atoms with van der Waals surface area (Å²) in [5, 5.41) is 6.95. The lowest BCUT2D eigenvalue weighted by atomic mass is 10.1. The molecule has 0 unspecified atom stereocenters. The largest absolute Gasteiger partial charge is 0.481 e. The molecule has 1 aromatic rings. The van der Waals surface area contributed by atoms with Gasteiger partial charge in [0, 0.05) is 12.6 Å². The number of piperidine rings is 1. The van der Waals surface area contributed by atoms with Gasteiger partial charge in [-0.1, -0.05) is 29.3 Å². The third kappa shape index (κ3) is 5.02. The molecular formula is C13H17Cl3N2O2. The van der Waals surface area contributed by atoms with Crippen LogP contribution in [0.25, 0.3) is 0 Å². The maximum atomic E-state index is 11.8. The van der Waals surface area contributed by atoms with E-state index in [2.05, 4.69) is 10.6 Å². The monoisotopic (exact) mass is 338 g/mol. The normalized spacial score (nSPS) is 18.0. The van der Waals surface area contributed by atoms with E-state index in [-0.39, 0.29) is 31.0 Å². The molecule has 0 aromatic heterocycles. The Labute approximate surface area is 134 Å². The average molecular weight is 340 g/mol. The first-order valence-corrected chi connectivity index (χ1v) is 6.99. The molecule has 1 saturated heterocycles. The van der Waals surface area contributed by atoms with Crippen LogP contribution < -0.4 is 15.4 Å². The number of amides is 1. The predicted molar refractivity (Wildman–Crippen MR) is 83.2 cm³/mol. The van der Waals surface area contributed by atoms with Crippen molar-refractivity contribution in [2.45, 2.75) is 18.9 Å². The van der Waals surface area contributed by atoms with Crippen molar-refractivity contribution >= 4 is 41.5 Å². The molecule has 1 aromatic carbocycles. The highest BCUT2D eigenvalue weighted by atomic mass is 35.5. The lowest BCUT2D eigenvalue weighted by Gasteiger charge is -2.23. The highest BCUT2D eigenvalue weighted by Crippen LogP contribution is 2.32. The number of para-hydroxylation sites is 1. The second-order valence-electron chi connectivity index (χ2n) is 4.45. The van der Waals surface area contributed by atoms with Crippen molar-refractivity contribution in [2.24, 2.45) is 0 Å². The third-order valence-electron chi connectivity index (χ3n) is 2.93. The zero-order valence-electron chi connectivity index (χ0n) is 10.8. The van der Waals surface area contributed by atoms with Crippen molar-refractivity contribution in [1.82, 2.24) is 10.6 Å². The number of carbonyl (C=O) groups is 1. The van der Waals surface area contributed by atoms with Crippen molar-refractivity contribution in [1.29, 1.82) is 0 Å². The Bertz CT molecular complexity index is 431. The Balaban J connectivity index is 0.00000200. The fourth-order valence-corrected chi connectivity index (χ4v) is 2.51. The molecule has 0 radical (unpaired) electrons. The number of benzene rings is 1. The first-order chi connectivity index (χ1) is 9.16. The Morgan fingerprint density at radius 3 is 2.70 bits per heavy atom. The molecule has 1 fully saturated rings. The van der Waals surface area contributed by atoms with Crippen LogP contribution in [0, 0.1) is 0 Å². The molecule has 112 valence electrons. The van der Waals surface area contributed by atoms with Gasteiger partial charge in [-0.2, -0.15) is 0 Å². The van der Waals surface area contributed by atoms with E-state index in [9.17, 15) is 4.79 Å². The molecule has 7 heteroatoms. The highest BCUT2D eigenvalue weighted by molar-refractivity contribution is 6.37. The van der Waals surface area contributed by atoms with E-state index in [1.807, 2.05) is 0 Å². The minimum Gasteiger partial charge on any atom is -0.481 e. The van der Waals surface area contributed by atoms with Gasteiger partial charge >= 0.3 is 0 Å². The topological polar surface area (TPSA) is 50.4 Å². The van der Waals surface area contributed by atoms with E-state index < -0.39 is 0 Å². The zero-order chi connectivity index (χ0) is 13.7. The molecule has 0 bridgehead atoms. The van der Waals surface area contributed by atoms with Crippen molar-refractivity contribution in [2.75, 3.05) is 19.7 Å². The SMILES string of the molecule is Cl.O=C(COc1c(Cl)cccc1Cl)N[C@H]1CCCNC1. The lowest BCUT2D eigenvalue weighted by Crippen LogP contribution is -2.47. The number of hydrogen-bond donors (Lipinski definition) is 2. The minimum atomic E-state index is -0.162. The Morgan fingerprint density at radius 2 is 2.10 bits per heavy atom. The molecule has 20 heavy (non-hydrogen) atoms. The smallest absolute Gasteiger partial charge is 0.258 e. The van der Waals surface area contributed by atoms with Gasteiger partial charge in [0.2, 0.25) is 0 Å². The van der Waals surface area contributed by atoms with Crippen LogP contribution >= 0.6 is 35.6 Å². The van der Waals surface area contributed by atoms with Gasteiger partial charge in [0.05, 0.1) is 10.0 Å².